The number of halogens is 2. The zero-order chi connectivity index (χ0) is 13.6. The van der Waals surface area contributed by atoms with Crippen LogP contribution in [-0.2, 0) is 0 Å². The number of nitrogens with one attached hydrogen (secondary N) is 1. The smallest absolute Gasteiger partial charge is 0.210 e. The zero-order valence-electron chi connectivity index (χ0n) is 9.48. The van der Waals surface area contributed by atoms with Crippen LogP contribution < -0.4 is 0 Å². The van der Waals surface area contributed by atoms with Crippen LogP contribution in [0.4, 0.5) is 8.78 Å². The largest absolute Gasteiger partial charge is 0.504 e. The zero-order valence-corrected chi connectivity index (χ0v) is 9.48. The quantitative estimate of drug-likeness (QED) is 0.631. The summed E-state index contributed by atoms with van der Waals surface area (Å²) < 4.78 is 26.7. The van der Waals surface area contributed by atoms with Crippen molar-refractivity contribution in [2.75, 3.05) is 0 Å². The standard InChI is InChI=1S/C13H8F2N2O2/c14-7-5-6(11(18)10(15)12(7)19)13-16-8-3-1-2-4-9(8)17-13/h1-5,18-19H,(H,16,17). The predicted octanol–water partition coefficient (Wildman–Crippen LogP) is 2.92. The molecule has 0 amide bonds. The van der Waals surface area contributed by atoms with E-state index < -0.39 is 23.1 Å². The summed E-state index contributed by atoms with van der Waals surface area (Å²) in [5.41, 5.74) is 1.13. The maximum Gasteiger partial charge on any atom is 0.210 e. The summed E-state index contributed by atoms with van der Waals surface area (Å²) in [5, 5.41) is 18.7. The van der Waals surface area contributed by atoms with Crippen LogP contribution in [0, 0.1) is 11.6 Å². The predicted molar refractivity (Wildman–Crippen MR) is 64.8 cm³/mol. The molecule has 3 rings (SSSR count). The van der Waals surface area contributed by atoms with Crippen LogP contribution >= 0.6 is 0 Å². The highest BCUT2D eigenvalue weighted by Crippen LogP contribution is 2.37. The molecule has 0 atom stereocenters. The van der Waals surface area contributed by atoms with E-state index >= 15 is 0 Å². The number of aromatic hydroxyl groups is 2. The molecule has 0 fully saturated rings. The van der Waals surface area contributed by atoms with Gasteiger partial charge >= 0.3 is 0 Å². The van der Waals surface area contributed by atoms with Crippen LogP contribution in [0.5, 0.6) is 11.5 Å². The van der Waals surface area contributed by atoms with Gasteiger partial charge in [0, 0.05) is 0 Å². The summed E-state index contributed by atoms with van der Waals surface area (Å²) in [5.74, 6) is -4.51. The normalized spacial score (nSPS) is 11.1. The average molecular weight is 262 g/mol. The van der Waals surface area contributed by atoms with Gasteiger partial charge in [-0.15, -0.1) is 0 Å². The van der Waals surface area contributed by atoms with E-state index in [2.05, 4.69) is 9.97 Å². The average Bonchev–Trinajstić information content (AvgIpc) is 2.84. The fourth-order valence-electron chi connectivity index (χ4n) is 1.86. The second-order valence-electron chi connectivity index (χ2n) is 4.02. The van der Waals surface area contributed by atoms with Crippen molar-refractivity contribution >= 4 is 11.0 Å². The number of H-pyrrole nitrogens is 1. The van der Waals surface area contributed by atoms with Gasteiger partial charge in [0.1, 0.15) is 5.82 Å². The third-order valence-corrected chi connectivity index (χ3v) is 2.81. The maximum absolute atomic E-state index is 13.4. The highest BCUT2D eigenvalue weighted by Gasteiger charge is 2.20. The molecule has 1 heterocycles. The monoisotopic (exact) mass is 262 g/mol. The summed E-state index contributed by atoms with van der Waals surface area (Å²) in [6, 6.07) is 7.84. The molecule has 96 valence electrons. The number of phenols is 2. The van der Waals surface area contributed by atoms with E-state index in [1.165, 1.54) is 0 Å². The van der Waals surface area contributed by atoms with E-state index in [0.717, 1.165) is 6.07 Å². The molecule has 2 aromatic carbocycles. The molecular weight excluding hydrogens is 254 g/mol. The molecule has 1 aromatic heterocycles. The lowest BCUT2D eigenvalue weighted by molar-refractivity contribution is 0.367. The van der Waals surface area contributed by atoms with Gasteiger partial charge in [-0.25, -0.2) is 9.37 Å². The van der Waals surface area contributed by atoms with Crippen LogP contribution in [0.15, 0.2) is 30.3 Å². The summed E-state index contributed by atoms with van der Waals surface area (Å²) in [6.07, 6.45) is 0. The fraction of sp³-hybridized carbons (Fsp3) is 0. The number of hydrogen-bond donors (Lipinski definition) is 3. The lowest BCUT2D eigenvalue weighted by Crippen LogP contribution is -1.90. The molecule has 0 aliphatic rings. The van der Waals surface area contributed by atoms with Crippen molar-refractivity contribution in [1.29, 1.82) is 0 Å². The van der Waals surface area contributed by atoms with Gasteiger partial charge in [0.15, 0.2) is 17.3 Å². The molecule has 3 N–H and O–H groups in total. The number of fused-ring (bicyclic) bond motifs is 1. The Morgan fingerprint density at radius 3 is 2.53 bits per heavy atom. The van der Waals surface area contributed by atoms with E-state index in [4.69, 9.17) is 5.11 Å². The van der Waals surface area contributed by atoms with E-state index in [0.29, 0.717) is 11.0 Å². The molecule has 0 radical (unpaired) electrons. The third-order valence-electron chi connectivity index (χ3n) is 2.81. The van der Waals surface area contributed by atoms with Crippen LogP contribution in [0.3, 0.4) is 0 Å². The number of nitrogens with zero attached hydrogens (tertiary/aromatic N) is 1. The summed E-state index contributed by atoms with van der Waals surface area (Å²) in [6.45, 7) is 0. The van der Waals surface area contributed by atoms with Crippen LogP contribution in [0.25, 0.3) is 22.4 Å². The molecule has 3 aromatic rings. The van der Waals surface area contributed by atoms with Gasteiger partial charge in [-0.2, -0.15) is 4.39 Å². The first-order valence-electron chi connectivity index (χ1n) is 5.43. The van der Waals surface area contributed by atoms with Crippen molar-refractivity contribution in [3.05, 3.63) is 42.0 Å². The first-order valence-corrected chi connectivity index (χ1v) is 5.43. The number of benzene rings is 2. The lowest BCUT2D eigenvalue weighted by Gasteiger charge is -2.05. The fourth-order valence-corrected chi connectivity index (χ4v) is 1.86. The molecular formula is C13H8F2N2O2. The first-order chi connectivity index (χ1) is 9.08. The van der Waals surface area contributed by atoms with Gasteiger partial charge in [0.25, 0.3) is 0 Å². The van der Waals surface area contributed by atoms with Crippen molar-refractivity contribution in [2.24, 2.45) is 0 Å². The molecule has 0 saturated carbocycles. The van der Waals surface area contributed by atoms with Crippen LogP contribution in [0.1, 0.15) is 0 Å². The summed E-state index contributed by atoms with van der Waals surface area (Å²) in [4.78, 5) is 6.97. The molecule has 6 heteroatoms. The number of aromatic nitrogens is 2. The lowest BCUT2D eigenvalue weighted by atomic mass is 10.1. The molecule has 0 saturated heterocycles. The minimum Gasteiger partial charge on any atom is -0.504 e. The number of aromatic amines is 1. The SMILES string of the molecule is Oc1c(F)cc(-c2nc3ccccc3[nH]2)c(O)c1F. The Bertz CT molecular complexity index is 751. The number of hydrogen-bond acceptors (Lipinski definition) is 3. The number of phenolic OH excluding ortho intramolecular Hbond substituents is 2. The van der Waals surface area contributed by atoms with Gasteiger partial charge < -0.3 is 15.2 Å². The Morgan fingerprint density at radius 1 is 1.05 bits per heavy atom. The Balaban J connectivity index is 2.27. The molecule has 0 aliphatic carbocycles. The number of para-hydroxylation sites is 2. The molecule has 0 spiro atoms. The summed E-state index contributed by atoms with van der Waals surface area (Å²) >= 11 is 0. The minimum absolute atomic E-state index is 0.122. The van der Waals surface area contributed by atoms with Gasteiger partial charge in [0.05, 0.1) is 16.6 Å². The van der Waals surface area contributed by atoms with E-state index in [-0.39, 0.29) is 11.4 Å². The van der Waals surface area contributed by atoms with Gasteiger partial charge in [0.2, 0.25) is 5.82 Å². The Hall–Kier alpha value is -2.63. The van der Waals surface area contributed by atoms with Crippen molar-refractivity contribution in [3.8, 4) is 22.9 Å². The topological polar surface area (TPSA) is 69.1 Å². The Kier molecular flexibility index (Phi) is 2.38. The minimum atomic E-state index is -1.41. The highest BCUT2D eigenvalue weighted by molar-refractivity contribution is 5.80. The van der Waals surface area contributed by atoms with Crippen molar-refractivity contribution in [2.45, 2.75) is 0 Å². The number of rotatable bonds is 1. The van der Waals surface area contributed by atoms with Crippen LogP contribution in [0.2, 0.25) is 0 Å². The second kappa shape index (κ2) is 3.94. The highest BCUT2D eigenvalue weighted by atomic mass is 19.1. The first kappa shape index (κ1) is 11.5. The van der Waals surface area contributed by atoms with Crippen LogP contribution in [-0.4, -0.2) is 20.2 Å². The Labute approximate surface area is 106 Å². The van der Waals surface area contributed by atoms with Gasteiger partial charge in [-0.05, 0) is 18.2 Å². The van der Waals surface area contributed by atoms with Crippen molar-refractivity contribution in [1.82, 2.24) is 9.97 Å². The molecule has 0 unspecified atom stereocenters. The van der Waals surface area contributed by atoms with E-state index in [1.807, 2.05) is 0 Å². The van der Waals surface area contributed by atoms with Crippen molar-refractivity contribution < 1.29 is 19.0 Å². The van der Waals surface area contributed by atoms with Gasteiger partial charge in [-0.3, -0.25) is 0 Å². The van der Waals surface area contributed by atoms with E-state index in [9.17, 15) is 13.9 Å². The maximum atomic E-state index is 13.4. The Morgan fingerprint density at radius 2 is 1.79 bits per heavy atom. The second-order valence-corrected chi connectivity index (χ2v) is 4.02. The number of imidazole rings is 1. The van der Waals surface area contributed by atoms with Crippen molar-refractivity contribution in [3.63, 3.8) is 0 Å². The van der Waals surface area contributed by atoms with E-state index in [1.54, 1.807) is 24.3 Å². The molecule has 0 bridgehead atoms. The molecule has 19 heavy (non-hydrogen) atoms. The van der Waals surface area contributed by atoms with Gasteiger partial charge in [-0.1, -0.05) is 12.1 Å². The molecule has 0 aliphatic heterocycles. The summed E-state index contributed by atoms with van der Waals surface area (Å²) in [7, 11) is 0. The third kappa shape index (κ3) is 1.69. The molecule has 4 nitrogen and oxygen atoms in total.